The van der Waals surface area contributed by atoms with Gasteiger partial charge in [0.25, 0.3) is 0 Å². The Hall–Kier alpha value is -1.91. The fourth-order valence-corrected chi connectivity index (χ4v) is 1.36. The maximum Gasteiger partial charge on any atom is 0.212 e. The van der Waals surface area contributed by atoms with E-state index in [9.17, 15) is 4.39 Å². The van der Waals surface area contributed by atoms with E-state index in [2.05, 4.69) is 15.4 Å². The van der Waals surface area contributed by atoms with Gasteiger partial charge in [0.1, 0.15) is 0 Å². The van der Waals surface area contributed by atoms with Gasteiger partial charge in [-0.3, -0.25) is 4.68 Å². The van der Waals surface area contributed by atoms with Crippen LogP contribution in [0.5, 0.6) is 0 Å². The van der Waals surface area contributed by atoms with Gasteiger partial charge in [0.2, 0.25) is 5.95 Å². The van der Waals surface area contributed by atoms with Gasteiger partial charge in [-0.2, -0.15) is 9.49 Å². The third kappa shape index (κ3) is 2.56. The number of hydrogen-bond donors (Lipinski definition) is 1. The van der Waals surface area contributed by atoms with Crippen LogP contribution in [0.1, 0.15) is 12.5 Å². The highest BCUT2D eigenvalue weighted by molar-refractivity contribution is 5.40. The van der Waals surface area contributed by atoms with Crippen LogP contribution >= 0.6 is 0 Å². The summed E-state index contributed by atoms with van der Waals surface area (Å²) in [4.78, 5) is 3.56. The molecule has 0 aromatic carbocycles. The molecule has 0 saturated carbocycles. The standard InChI is InChI=1S/C11H13FN4/c1-2-16-8-9(6-15-16)5-13-10-3-4-11(12)14-7-10/h3-4,6-8,13H,2,5H2,1H3. The van der Waals surface area contributed by atoms with Crippen LogP contribution in [0.25, 0.3) is 0 Å². The van der Waals surface area contributed by atoms with Gasteiger partial charge in [0, 0.05) is 24.8 Å². The molecule has 5 heteroatoms. The summed E-state index contributed by atoms with van der Waals surface area (Å²) < 4.78 is 14.4. The number of aryl methyl sites for hydroxylation is 1. The molecule has 0 aliphatic rings. The fourth-order valence-electron chi connectivity index (χ4n) is 1.36. The Morgan fingerprint density at radius 3 is 2.88 bits per heavy atom. The number of pyridine rings is 1. The van der Waals surface area contributed by atoms with E-state index < -0.39 is 5.95 Å². The summed E-state index contributed by atoms with van der Waals surface area (Å²) in [7, 11) is 0. The number of hydrogen-bond acceptors (Lipinski definition) is 3. The molecule has 0 aliphatic heterocycles. The zero-order chi connectivity index (χ0) is 11.4. The summed E-state index contributed by atoms with van der Waals surface area (Å²) in [5.74, 6) is -0.468. The SMILES string of the molecule is CCn1cc(CNc2ccc(F)nc2)cn1. The van der Waals surface area contributed by atoms with Crippen LogP contribution in [0.2, 0.25) is 0 Å². The fraction of sp³-hybridized carbons (Fsp3) is 0.273. The average Bonchev–Trinajstić information content (AvgIpc) is 2.76. The smallest absolute Gasteiger partial charge is 0.212 e. The number of nitrogens with one attached hydrogen (secondary N) is 1. The van der Waals surface area contributed by atoms with Gasteiger partial charge in [-0.25, -0.2) is 4.98 Å². The van der Waals surface area contributed by atoms with E-state index in [1.807, 2.05) is 24.0 Å². The molecule has 2 rings (SSSR count). The Kier molecular flexibility index (Phi) is 3.14. The molecule has 0 aliphatic carbocycles. The summed E-state index contributed by atoms with van der Waals surface area (Å²) in [5, 5.41) is 7.31. The second kappa shape index (κ2) is 4.74. The first-order valence-electron chi connectivity index (χ1n) is 5.14. The predicted molar refractivity (Wildman–Crippen MR) is 59.4 cm³/mol. The zero-order valence-electron chi connectivity index (χ0n) is 9.02. The van der Waals surface area contributed by atoms with Crippen molar-refractivity contribution in [1.82, 2.24) is 14.8 Å². The summed E-state index contributed by atoms with van der Waals surface area (Å²) in [6, 6.07) is 2.99. The molecule has 0 saturated heterocycles. The molecule has 16 heavy (non-hydrogen) atoms. The highest BCUT2D eigenvalue weighted by Gasteiger charge is 1.98. The van der Waals surface area contributed by atoms with E-state index in [1.165, 1.54) is 12.3 Å². The molecular weight excluding hydrogens is 207 g/mol. The highest BCUT2D eigenvalue weighted by Crippen LogP contribution is 2.07. The minimum atomic E-state index is -0.468. The average molecular weight is 220 g/mol. The van der Waals surface area contributed by atoms with Crippen molar-refractivity contribution in [2.75, 3.05) is 5.32 Å². The molecule has 0 fully saturated rings. The van der Waals surface area contributed by atoms with Crippen LogP contribution in [0.3, 0.4) is 0 Å². The monoisotopic (exact) mass is 220 g/mol. The van der Waals surface area contributed by atoms with Crippen molar-refractivity contribution < 1.29 is 4.39 Å². The lowest BCUT2D eigenvalue weighted by Crippen LogP contribution is -1.99. The first kappa shape index (κ1) is 10.6. The molecule has 1 N–H and O–H groups in total. The van der Waals surface area contributed by atoms with E-state index in [0.29, 0.717) is 6.54 Å². The lowest BCUT2D eigenvalue weighted by atomic mass is 10.3. The molecule has 0 amide bonds. The number of aromatic nitrogens is 3. The Bertz CT molecular complexity index is 449. The Labute approximate surface area is 93.1 Å². The molecule has 0 spiro atoms. The molecule has 0 unspecified atom stereocenters. The summed E-state index contributed by atoms with van der Waals surface area (Å²) in [6.07, 6.45) is 5.26. The Morgan fingerprint density at radius 1 is 1.38 bits per heavy atom. The normalized spacial score (nSPS) is 10.4. The van der Waals surface area contributed by atoms with Crippen molar-refractivity contribution in [1.29, 1.82) is 0 Å². The minimum absolute atomic E-state index is 0.468. The topological polar surface area (TPSA) is 42.7 Å². The summed E-state index contributed by atoms with van der Waals surface area (Å²) in [6.45, 7) is 3.56. The van der Waals surface area contributed by atoms with Crippen molar-refractivity contribution >= 4 is 5.69 Å². The van der Waals surface area contributed by atoms with E-state index in [-0.39, 0.29) is 0 Å². The van der Waals surface area contributed by atoms with Crippen LogP contribution in [-0.4, -0.2) is 14.8 Å². The summed E-state index contributed by atoms with van der Waals surface area (Å²) >= 11 is 0. The van der Waals surface area contributed by atoms with Gasteiger partial charge in [-0.1, -0.05) is 0 Å². The maximum absolute atomic E-state index is 12.5. The number of halogens is 1. The molecule has 2 aromatic heterocycles. The first-order valence-corrected chi connectivity index (χ1v) is 5.14. The summed E-state index contributed by atoms with van der Waals surface area (Å²) in [5.41, 5.74) is 1.89. The zero-order valence-corrected chi connectivity index (χ0v) is 9.02. The van der Waals surface area contributed by atoms with E-state index in [4.69, 9.17) is 0 Å². The van der Waals surface area contributed by atoms with Gasteiger partial charge in [0.15, 0.2) is 0 Å². The van der Waals surface area contributed by atoms with Crippen LogP contribution < -0.4 is 5.32 Å². The lowest BCUT2D eigenvalue weighted by Gasteiger charge is -2.03. The second-order valence-electron chi connectivity index (χ2n) is 3.43. The maximum atomic E-state index is 12.5. The van der Waals surface area contributed by atoms with E-state index in [1.54, 1.807) is 6.07 Å². The van der Waals surface area contributed by atoms with Crippen LogP contribution in [-0.2, 0) is 13.1 Å². The molecule has 84 valence electrons. The predicted octanol–water partition coefficient (Wildman–Crippen LogP) is 2.05. The van der Waals surface area contributed by atoms with Crippen molar-refractivity contribution in [3.63, 3.8) is 0 Å². The van der Waals surface area contributed by atoms with E-state index >= 15 is 0 Å². The van der Waals surface area contributed by atoms with Gasteiger partial charge < -0.3 is 5.32 Å². The second-order valence-corrected chi connectivity index (χ2v) is 3.43. The minimum Gasteiger partial charge on any atom is -0.380 e. The third-order valence-electron chi connectivity index (χ3n) is 2.23. The van der Waals surface area contributed by atoms with Crippen LogP contribution in [0, 0.1) is 5.95 Å². The van der Waals surface area contributed by atoms with Gasteiger partial charge >= 0.3 is 0 Å². The Morgan fingerprint density at radius 2 is 2.25 bits per heavy atom. The van der Waals surface area contributed by atoms with Crippen LogP contribution in [0.15, 0.2) is 30.7 Å². The van der Waals surface area contributed by atoms with Gasteiger partial charge in [-0.05, 0) is 19.1 Å². The number of rotatable bonds is 4. The van der Waals surface area contributed by atoms with E-state index in [0.717, 1.165) is 17.8 Å². The molecule has 2 aromatic rings. The molecule has 2 heterocycles. The third-order valence-corrected chi connectivity index (χ3v) is 2.23. The first-order chi connectivity index (χ1) is 7.78. The largest absolute Gasteiger partial charge is 0.380 e. The van der Waals surface area contributed by atoms with Crippen LogP contribution in [0.4, 0.5) is 10.1 Å². The van der Waals surface area contributed by atoms with Crippen molar-refractivity contribution in [3.8, 4) is 0 Å². The molecule has 0 bridgehead atoms. The molecule has 4 nitrogen and oxygen atoms in total. The van der Waals surface area contributed by atoms with Gasteiger partial charge in [0.05, 0.1) is 18.1 Å². The molecular formula is C11H13FN4. The van der Waals surface area contributed by atoms with Crippen molar-refractivity contribution in [3.05, 3.63) is 42.2 Å². The Balaban J connectivity index is 1.94. The number of anilines is 1. The van der Waals surface area contributed by atoms with Gasteiger partial charge in [-0.15, -0.1) is 0 Å². The molecule has 0 radical (unpaired) electrons. The van der Waals surface area contributed by atoms with Crippen molar-refractivity contribution in [2.45, 2.75) is 20.0 Å². The number of nitrogens with zero attached hydrogens (tertiary/aromatic N) is 3. The molecule has 0 atom stereocenters. The highest BCUT2D eigenvalue weighted by atomic mass is 19.1. The quantitative estimate of drug-likeness (QED) is 0.802. The van der Waals surface area contributed by atoms with Crippen molar-refractivity contribution in [2.24, 2.45) is 0 Å². The lowest BCUT2D eigenvalue weighted by molar-refractivity contribution is 0.584.